The normalized spacial score (nSPS) is 16.7. The fraction of sp³-hybridized carbons (Fsp3) is 0.250. The molecular formula is C24H23N5O. The number of carbonyl (C=O) groups is 1. The van der Waals surface area contributed by atoms with Crippen LogP contribution in [0.2, 0.25) is 0 Å². The van der Waals surface area contributed by atoms with Crippen LogP contribution in [-0.2, 0) is 0 Å². The quantitative estimate of drug-likeness (QED) is 0.522. The Kier molecular flexibility index (Phi) is 4.75. The third-order valence-corrected chi connectivity index (χ3v) is 5.70. The minimum Gasteiger partial charge on any atom is -0.338 e. The van der Waals surface area contributed by atoms with Crippen molar-refractivity contribution in [1.29, 1.82) is 0 Å². The first-order valence-corrected chi connectivity index (χ1v) is 10.3. The molecule has 0 N–H and O–H groups in total. The Morgan fingerprint density at radius 1 is 1.07 bits per heavy atom. The second-order valence-electron chi connectivity index (χ2n) is 7.89. The first kappa shape index (κ1) is 18.5. The van der Waals surface area contributed by atoms with Gasteiger partial charge in [0.2, 0.25) is 0 Å². The smallest absolute Gasteiger partial charge is 0.253 e. The summed E-state index contributed by atoms with van der Waals surface area (Å²) in [5, 5.41) is 4.76. The summed E-state index contributed by atoms with van der Waals surface area (Å²) in [4.78, 5) is 23.8. The summed E-state index contributed by atoms with van der Waals surface area (Å²) in [5.74, 6) is 1.05. The average molecular weight is 397 g/mol. The number of benzene rings is 1. The van der Waals surface area contributed by atoms with Gasteiger partial charge in [0.05, 0.1) is 0 Å². The SMILES string of the molecule is Cc1cccc(C(=O)N2CCC[C@H](c3nc4ccc(-c5ccncc5)cn4n3)C2)c1. The Morgan fingerprint density at radius 2 is 1.93 bits per heavy atom. The van der Waals surface area contributed by atoms with Gasteiger partial charge in [0.1, 0.15) is 0 Å². The molecule has 0 saturated carbocycles. The zero-order valence-electron chi connectivity index (χ0n) is 16.9. The Morgan fingerprint density at radius 3 is 2.77 bits per heavy atom. The summed E-state index contributed by atoms with van der Waals surface area (Å²) in [6, 6.07) is 15.8. The topological polar surface area (TPSA) is 63.4 Å². The number of carbonyl (C=O) groups excluding carboxylic acids is 1. The minimum absolute atomic E-state index is 0.0899. The van der Waals surface area contributed by atoms with Crippen LogP contribution in [0.3, 0.4) is 0 Å². The number of likely N-dealkylation sites (tertiary alicyclic amines) is 1. The van der Waals surface area contributed by atoms with Crippen LogP contribution in [0.1, 0.15) is 40.5 Å². The molecule has 1 saturated heterocycles. The number of rotatable bonds is 3. The third kappa shape index (κ3) is 3.56. The van der Waals surface area contributed by atoms with Crippen molar-refractivity contribution in [2.75, 3.05) is 13.1 Å². The summed E-state index contributed by atoms with van der Waals surface area (Å²) >= 11 is 0. The van der Waals surface area contributed by atoms with Crippen molar-refractivity contribution in [3.05, 3.63) is 84.1 Å². The van der Waals surface area contributed by atoms with Gasteiger partial charge in [0.25, 0.3) is 5.91 Å². The summed E-state index contributed by atoms with van der Waals surface area (Å²) in [7, 11) is 0. The molecule has 30 heavy (non-hydrogen) atoms. The van der Waals surface area contributed by atoms with Gasteiger partial charge in [-0.25, -0.2) is 9.50 Å². The standard InChI is InChI=1S/C24H23N5O/c1-17-4-2-5-19(14-17)24(30)28-13-3-6-21(15-28)23-26-22-8-7-20(16-29(22)27-23)18-9-11-25-12-10-18/h2,4-5,7-12,14,16,21H,3,6,13,15H2,1H3/t21-/m0/s1. The van der Waals surface area contributed by atoms with Crippen molar-refractivity contribution in [3.63, 3.8) is 0 Å². The van der Waals surface area contributed by atoms with Crippen molar-refractivity contribution in [2.24, 2.45) is 0 Å². The molecule has 6 nitrogen and oxygen atoms in total. The zero-order chi connectivity index (χ0) is 20.5. The summed E-state index contributed by atoms with van der Waals surface area (Å²) < 4.78 is 1.84. The molecule has 0 unspecified atom stereocenters. The van der Waals surface area contributed by atoms with E-state index >= 15 is 0 Å². The number of nitrogens with zero attached hydrogens (tertiary/aromatic N) is 5. The van der Waals surface area contributed by atoms with Gasteiger partial charge >= 0.3 is 0 Å². The van der Waals surface area contributed by atoms with E-state index in [1.807, 2.05) is 65.0 Å². The van der Waals surface area contributed by atoms with E-state index in [2.05, 4.69) is 11.1 Å². The molecule has 0 spiro atoms. The van der Waals surface area contributed by atoms with Crippen molar-refractivity contribution in [3.8, 4) is 11.1 Å². The molecule has 4 heterocycles. The van der Waals surface area contributed by atoms with Crippen LogP contribution in [0.25, 0.3) is 16.8 Å². The van der Waals surface area contributed by atoms with E-state index in [1.165, 1.54) is 0 Å². The fourth-order valence-electron chi connectivity index (χ4n) is 4.12. The van der Waals surface area contributed by atoms with Gasteiger partial charge in [0, 0.05) is 48.7 Å². The molecule has 150 valence electrons. The van der Waals surface area contributed by atoms with E-state index in [4.69, 9.17) is 10.1 Å². The van der Waals surface area contributed by atoms with Gasteiger partial charge in [-0.15, -0.1) is 0 Å². The van der Waals surface area contributed by atoms with Crippen LogP contribution in [0, 0.1) is 6.92 Å². The predicted octanol–water partition coefficient (Wildman–Crippen LogP) is 4.12. The van der Waals surface area contributed by atoms with E-state index in [0.29, 0.717) is 6.54 Å². The number of aryl methyl sites for hydroxylation is 1. The Bertz CT molecular complexity index is 1200. The summed E-state index contributed by atoms with van der Waals surface area (Å²) in [5.41, 5.74) is 4.84. The first-order valence-electron chi connectivity index (χ1n) is 10.3. The molecule has 1 aliphatic heterocycles. The summed E-state index contributed by atoms with van der Waals surface area (Å²) in [6.07, 6.45) is 7.52. The van der Waals surface area contributed by atoms with Gasteiger partial charge in [-0.1, -0.05) is 17.7 Å². The lowest BCUT2D eigenvalue weighted by molar-refractivity contribution is 0.0704. The lowest BCUT2D eigenvalue weighted by Gasteiger charge is -2.31. The molecule has 1 atom stereocenters. The Labute approximate surface area is 175 Å². The molecule has 5 rings (SSSR count). The number of hydrogen-bond acceptors (Lipinski definition) is 4. The Balaban J connectivity index is 1.39. The third-order valence-electron chi connectivity index (χ3n) is 5.70. The first-order chi connectivity index (χ1) is 14.7. The van der Waals surface area contributed by atoms with Crippen molar-refractivity contribution >= 4 is 11.6 Å². The molecule has 1 aromatic carbocycles. The highest BCUT2D eigenvalue weighted by Crippen LogP contribution is 2.27. The maximum Gasteiger partial charge on any atom is 0.253 e. The largest absolute Gasteiger partial charge is 0.338 e. The highest BCUT2D eigenvalue weighted by molar-refractivity contribution is 5.94. The fourth-order valence-corrected chi connectivity index (χ4v) is 4.12. The lowest BCUT2D eigenvalue weighted by Crippen LogP contribution is -2.39. The van der Waals surface area contributed by atoms with Gasteiger partial charge in [-0.3, -0.25) is 9.78 Å². The van der Waals surface area contributed by atoms with Crippen LogP contribution in [0.5, 0.6) is 0 Å². The Hall–Kier alpha value is -3.54. The number of fused-ring (bicyclic) bond motifs is 1. The van der Waals surface area contributed by atoms with Crippen LogP contribution in [-0.4, -0.2) is 43.5 Å². The van der Waals surface area contributed by atoms with Crippen LogP contribution < -0.4 is 0 Å². The van der Waals surface area contributed by atoms with E-state index < -0.39 is 0 Å². The number of amides is 1. The predicted molar refractivity (Wildman–Crippen MR) is 115 cm³/mol. The lowest BCUT2D eigenvalue weighted by atomic mass is 9.96. The molecule has 3 aromatic heterocycles. The van der Waals surface area contributed by atoms with Crippen LogP contribution in [0.15, 0.2) is 67.1 Å². The van der Waals surface area contributed by atoms with E-state index in [1.54, 1.807) is 12.4 Å². The van der Waals surface area contributed by atoms with Gasteiger partial charge in [-0.2, -0.15) is 5.10 Å². The van der Waals surface area contributed by atoms with Crippen molar-refractivity contribution < 1.29 is 4.79 Å². The molecule has 1 amide bonds. The highest BCUT2D eigenvalue weighted by atomic mass is 16.2. The number of piperidine rings is 1. The maximum atomic E-state index is 13.0. The van der Waals surface area contributed by atoms with Crippen molar-refractivity contribution in [2.45, 2.75) is 25.7 Å². The number of pyridine rings is 2. The number of aromatic nitrogens is 4. The van der Waals surface area contributed by atoms with E-state index in [9.17, 15) is 4.79 Å². The van der Waals surface area contributed by atoms with Crippen LogP contribution >= 0.6 is 0 Å². The molecule has 0 radical (unpaired) electrons. The second kappa shape index (κ2) is 7.71. The van der Waals surface area contributed by atoms with E-state index in [0.717, 1.165) is 53.1 Å². The minimum atomic E-state index is 0.0899. The maximum absolute atomic E-state index is 13.0. The molecule has 0 aliphatic carbocycles. The second-order valence-corrected chi connectivity index (χ2v) is 7.89. The average Bonchev–Trinajstić information content (AvgIpc) is 3.23. The monoisotopic (exact) mass is 397 g/mol. The highest BCUT2D eigenvalue weighted by Gasteiger charge is 2.28. The molecule has 1 aliphatic rings. The molecule has 1 fully saturated rings. The molecule has 6 heteroatoms. The van der Waals surface area contributed by atoms with E-state index in [-0.39, 0.29) is 11.8 Å². The van der Waals surface area contributed by atoms with Gasteiger partial charge in [0.15, 0.2) is 11.5 Å². The molecule has 0 bridgehead atoms. The molecular weight excluding hydrogens is 374 g/mol. The zero-order valence-corrected chi connectivity index (χ0v) is 16.9. The summed E-state index contributed by atoms with van der Waals surface area (Å²) in [6.45, 7) is 3.44. The van der Waals surface area contributed by atoms with Crippen LogP contribution in [0.4, 0.5) is 0 Å². The molecule has 4 aromatic rings. The van der Waals surface area contributed by atoms with Gasteiger partial charge < -0.3 is 4.90 Å². The van der Waals surface area contributed by atoms with Gasteiger partial charge in [-0.05, 0) is 61.7 Å². The number of hydrogen-bond donors (Lipinski definition) is 0. The van der Waals surface area contributed by atoms with Crippen molar-refractivity contribution in [1.82, 2.24) is 24.5 Å².